The minimum absolute atomic E-state index is 0.0987. The minimum Gasteiger partial charge on any atom is -0.493 e. The molecule has 0 aliphatic rings. The Balaban J connectivity index is 1.67. The van der Waals surface area contributed by atoms with Gasteiger partial charge < -0.3 is 14.2 Å². The van der Waals surface area contributed by atoms with Crippen LogP contribution in [0.5, 0.6) is 17.2 Å². The summed E-state index contributed by atoms with van der Waals surface area (Å²) in [5.41, 5.74) is 4.70. The van der Waals surface area contributed by atoms with Crippen molar-refractivity contribution >= 4 is 40.7 Å². The summed E-state index contributed by atoms with van der Waals surface area (Å²) < 4.78 is 15.8. The molecule has 0 unspecified atom stereocenters. The molecule has 0 saturated carbocycles. The lowest BCUT2D eigenvalue weighted by Crippen LogP contribution is -2.50. The van der Waals surface area contributed by atoms with Crippen LogP contribution in [0, 0.1) is 0 Å². The third kappa shape index (κ3) is 6.93. The van der Waals surface area contributed by atoms with Crippen molar-refractivity contribution in [1.82, 2.24) is 16.2 Å². The van der Waals surface area contributed by atoms with E-state index in [2.05, 4.69) is 16.2 Å². The van der Waals surface area contributed by atoms with Crippen molar-refractivity contribution in [2.75, 3.05) is 20.3 Å². The quantitative estimate of drug-likeness (QED) is 0.461. The standard InChI is InChI=1S/C18H18ClN3O5S/c1-25-14-8-4-5-9-15(14)27-11-17(24)21-22-18(28)20-16(23)10-26-13-7-3-2-6-12(13)19/h2-9H,10-11H2,1H3,(H,21,24)(H2,20,22,23,28). The second kappa shape index (κ2) is 11.0. The number of methoxy groups -OCH3 is 1. The zero-order valence-corrected chi connectivity index (χ0v) is 16.4. The van der Waals surface area contributed by atoms with E-state index in [0.717, 1.165) is 0 Å². The smallest absolute Gasteiger partial charge is 0.276 e. The number of ether oxygens (including phenoxy) is 3. The molecule has 0 saturated heterocycles. The summed E-state index contributed by atoms with van der Waals surface area (Å²) in [5.74, 6) is 0.282. The second-order valence-electron chi connectivity index (χ2n) is 5.21. The van der Waals surface area contributed by atoms with Crippen LogP contribution in [0.2, 0.25) is 5.02 Å². The molecule has 0 aliphatic heterocycles. The van der Waals surface area contributed by atoms with Gasteiger partial charge in [-0.25, -0.2) is 0 Å². The molecular formula is C18H18ClN3O5S. The molecule has 2 aromatic rings. The van der Waals surface area contributed by atoms with Gasteiger partial charge in [-0.05, 0) is 36.5 Å². The minimum atomic E-state index is -0.517. The molecule has 10 heteroatoms. The zero-order valence-electron chi connectivity index (χ0n) is 14.9. The number of rotatable bonds is 7. The van der Waals surface area contributed by atoms with Crippen molar-refractivity contribution in [1.29, 1.82) is 0 Å². The van der Waals surface area contributed by atoms with Gasteiger partial charge in [0.1, 0.15) is 5.75 Å². The van der Waals surface area contributed by atoms with E-state index in [0.29, 0.717) is 22.3 Å². The first-order chi connectivity index (χ1) is 13.5. The molecular weight excluding hydrogens is 406 g/mol. The lowest BCUT2D eigenvalue weighted by molar-refractivity contribution is -0.124. The number of para-hydroxylation sites is 3. The number of hydrazine groups is 1. The molecule has 28 heavy (non-hydrogen) atoms. The predicted octanol–water partition coefficient (Wildman–Crippen LogP) is 1.83. The largest absolute Gasteiger partial charge is 0.493 e. The summed E-state index contributed by atoms with van der Waals surface area (Å²) in [7, 11) is 1.50. The van der Waals surface area contributed by atoms with E-state index in [9.17, 15) is 9.59 Å². The highest BCUT2D eigenvalue weighted by Crippen LogP contribution is 2.25. The van der Waals surface area contributed by atoms with E-state index in [-0.39, 0.29) is 18.3 Å². The van der Waals surface area contributed by atoms with Crippen molar-refractivity contribution in [3.63, 3.8) is 0 Å². The Kier molecular flexibility index (Phi) is 8.32. The van der Waals surface area contributed by atoms with Crippen LogP contribution in [0.4, 0.5) is 0 Å². The maximum atomic E-state index is 11.8. The maximum Gasteiger partial charge on any atom is 0.276 e. The number of carbonyl (C=O) groups excluding carboxylic acids is 2. The van der Waals surface area contributed by atoms with Gasteiger partial charge in [0.25, 0.3) is 11.8 Å². The molecule has 0 radical (unpaired) electrons. The van der Waals surface area contributed by atoms with Gasteiger partial charge in [0.2, 0.25) is 0 Å². The summed E-state index contributed by atoms with van der Waals surface area (Å²) in [6, 6.07) is 13.7. The normalized spacial score (nSPS) is 9.79. The number of thiocarbonyl (C=S) groups is 1. The van der Waals surface area contributed by atoms with Crippen LogP contribution in [0.25, 0.3) is 0 Å². The van der Waals surface area contributed by atoms with E-state index in [1.807, 2.05) is 0 Å². The summed E-state index contributed by atoms with van der Waals surface area (Å²) in [5, 5.41) is 2.64. The molecule has 0 aromatic heterocycles. The van der Waals surface area contributed by atoms with Crippen LogP contribution in [0.15, 0.2) is 48.5 Å². The van der Waals surface area contributed by atoms with Crippen molar-refractivity contribution in [2.24, 2.45) is 0 Å². The summed E-state index contributed by atoms with van der Waals surface area (Å²) in [6.07, 6.45) is 0. The van der Waals surface area contributed by atoms with E-state index in [4.69, 9.17) is 38.0 Å². The van der Waals surface area contributed by atoms with Crippen LogP contribution < -0.4 is 30.4 Å². The topological polar surface area (TPSA) is 97.9 Å². The third-order valence-corrected chi connectivity index (χ3v) is 3.71. The Hall–Kier alpha value is -3.04. The van der Waals surface area contributed by atoms with Crippen LogP contribution in [-0.4, -0.2) is 37.3 Å². The van der Waals surface area contributed by atoms with Gasteiger partial charge in [-0.15, -0.1) is 0 Å². The number of halogens is 1. The Morgan fingerprint density at radius 1 is 0.893 bits per heavy atom. The fourth-order valence-electron chi connectivity index (χ4n) is 1.94. The molecule has 148 valence electrons. The highest BCUT2D eigenvalue weighted by molar-refractivity contribution is 7.80. The van der Waals surface area contributed by atoms with Gasteiger partial charge in [0.05, 0.1) is 12.1 Å². The van der Waals surface area contributed by atoms with Crippen LogP contribution in [0.3, 0.4) is 0 Å². The molecule has 8 nitrogen and oxygen atoms in total. The van der Waals surface area contributed by atoms with Gasteiger partial charge >= 0.3 is 0 Å². The number of benzene rings is 2. The van der Waals surface area contributed by atoms with Gasteiger partial charge in [-0.3, -0.25) is 25.8 Å². The Morgan fingerprint density at radius 3 is 2.14 bits per heavy atom. The van der Waals surface area contributed by atoms with Gasteiger partial charge in [0.15, 0.2) is 29.8 Å². The number of nitrogens with one attached hydrogen (secondary N) is 3. The van der Waals surface area contributed by atoms with Gasteiger partial charge in [-0.1, -0.05) is 35.9 Å². The monoisotopic (exact) mass is 423 g/mol. The van der Waals surface area contributed by atoms with Crippen molar-refractivity contribution in [3.8, 4) is 17.2 Å². The Labute approximate surface area is 172 Å². The number of hydrogen-bond acceptors (Lipinski definition) is 6. The second-order valence-corrected chi connectivity index (χ2v) is 6.02. The van der Waals surface area contributed by atoms with Crippen molar-refractivity contribution in [3.05, 3.63) is 53.6 Å². The molecule has 0 bridgehead atoms. The van der Waals surface area contributed by atoms with Crippen LogP contribution >= 0.6 is 23.8 Å². The predicted molar refractivity (Wildman–Crippen MR) is 107 cm³/mol. The van der Waals surface area contributed by atoms with Crippen molar-refractivity contribution in [2.45, 2.75) is 0 Å². The SMILES string of the molecule is COc1ccccc1OCC(=O)NNC(=S)NC(=O)COc1ccccc1Cl. The summed E-state index contributed by atoms with van der Waals surface area (Å²) in [4.78, 5) is 23.6. The fourth-order valence-corrected chi connectivity index (χ4v) is 2.30. The van der Waals surface area contributed by atoms with E-state index >= 15 is 0 Å². The number of carbonyl (C=O) groups is 2. The average Bonchev–Trinajstić information content (AvgIpc) is 2.70. The highest BCUT2D eigenvalue weighted by Gasteiger charge is 2.10. The first kappa shape index (κ1) is 21.3. The summed E-state index contributed by atoms with van der Waals surface area (Å²) in [6.45, 7) is -0.573. The molecule has 0 fully saturated rings. The first-order valence-electron chi connectivity index (χ1n) is 8.01. The molecule has 3 N–H and O–H groups in total. The highest BCUT2D eigenvalue weighted by atomic mass is 35.5. The fraction of sp³-hybridized carbons (Fsp3) is 0.167. The molecule has 2 rings (SSSR count). The first-order valence-corrected chi connectivity index (χ1v) is 8.80. The van der Waals surface area contributed by atoms with E-state index in [1.165, 1.54) is 7.11 Å². The van der Waals surface area contributed by atoms with Crippen LogP contribution in [0.1, 0.15) is 0 Å². The number of hydrogen-bond donors (Lipinski definition) is 3. The van der Waals surface area contributed by atoms with E-state index < -0.39 is 11.8 Å². The Bertz CT molecular complexity index is 849. The lowest BCUT2D eigenvalue weighted by Gasteiger charge is -2.13. The maximum absolute atomic E-state index is 11.8. The molecule has 0 aliphatic carbocycles. The van der Waals surface area contributed by atoms with Crippen molar-refractivity contribution < 1.29 is 23.8 Å². The molecule has 0 atom stereocenters. The average molecular weight is 424 g/mol. The zero-order chi connectivity index (χ0) is 20.4. The van der Waals surface area contributed by atoms with Gasteiger partial charge in [-0.2, -0.15) is 0 Å². The van der Waals surface area contributed by atoms with Crippen LogP contribution in [-0.2, 0) is 9.59 Å². The molecule has 2 amide bonds. The van der Waals surface area contributed by atoms with E-state index in [1.54, 1.807) is 48.5 Å². The molecule has 0 spiro atoms. The number of amides is 2. The summed E-state index contributed by atoms with van der Waals surface area (Å²) >= 11 is 10.9. The molecule has 0 heterocycles. The Morgan fingerprint density at radius 2 is 1.46 bits per heavy atom. The molecule has 2 aromatic carbocycles. The van der Waals surface area contributed by atoms with Gasteiger partial charge in [0, 0.05) is 0 Å². The lowest BCUT2D eigenvalue weighted by atomic mass is 10.3. The third-order valence-electron chi connectivity index (χ3n) is 3.19.